The number of methoxy groups -OCH3 is 1. The van der Waals surface area contributed by atoms with E-state index < -0.39 is 0 Å². The standard InChI is InChI=1S/C21H20N2O2.C2H6/c1-25-18-6-7-20-19(11-18)21(15-4-5-15)16(13-23-20)10-17(24)9-14-3-2-8-22-12-14;1-2/h2-3,6-8,11-13,15H,4-5,9-10H2,1H3;1-2H3. The number of nitrogens with zero attached hydrogens (tertiary/aromatic N) is 2. The van der Waals surface area contributed by atoms with Gasteiger partial charge in [-0.05, 0) is 59.7 Å². The highest BCUT2D eigenvalue weighted by Gasteiger charge is 2.29. The number of aromatic nitrogens is 2. The van der Waals surface area contributed by atoms with Crippen LogP contribution in [0.2, 0.25) is 0 Å². The number of benzene rings is 1. The van der Waals surface area contributed by atoms with Crippen molar-refractivity contribution in [3.63, 3.8) is 0 Å². The van der Waals surface area contributed by atoms with Gasteiger partial charge in [-0.15, -0.1) is 0 Å². The van der Waals surface area contributed by atoms with Crippen molar-refractivity contribution in [2.75, 3.05) is 7.11 Å². The van der Waals surface area contributed by atoms with Crippen molar-refractivity contribution in [3.05, 3.63) is 65.6 Å². The molecule has 0 unspecified atom stereocenters. The maximum Gasteiger partial charge on any atom is 0.141 e. The Morgan fingerprint density at radius 3 is 2.63 bits per heavy atom. The lowest BCUT2D eigenvalue weighted by molar-refractivity contribution is -0.117. The first kappa shape index (κ1) is 19.0. The van der Waals surface area contributed by atoms with Gasteiger partial charge in [0.2, 0.25) is 0 Å². The molecule has 4 heteroatoms. The van der Waals surface area contributed by atoms with E-state index in [1.54, 1.807) is 19.5 Å². The van der Waals surface area contributed by atoms with Crippen molar-refractivity contribution in [2.45, 2.75) is 45.4 Å². The summed E-state index contributed by atoms with van der Waals surface area (Å²) in [4.78, 5) is 21.2. The molecular weight excluding hydrogens is 336 g/mol. The molecule has 1 aliphatic rings. The topological polar surface area (TPSA) is 52.1 Å². The first-order chi connectivity index (χ1) is 13.2. The maximum absolute atomic E-state index is 12.6. The molecule has 4 nitrogen and oxygen atoms in total. The van der Waals surface area contributed by atoms with Gasteiger partial charge < -0.3 is 4.74 Å². The molecule has 1 saturated carbocycles. The zero-order valence-electron chi connectivity index (χ0n) is 16.2. The van der Waals surface area contributed by atoms with Gasteiger partial charge in [0.1, 0.15) is 11.5 Å². The normalized spacial score (nSPS) is 13.0. The second-order valence-corrected chi connectivity index (χ2v) is 6.61. The number of rotatable bonds is 6. The minimum Gasteiger partial charge on any atom is -0.497 e. The number of pyridine rings is 2. The van der Waals surface area contributed by atoms with Crippen molar-refractivity contribution < 1.29 is 9.53 Å². The van der Waals surface area contributed by atoms with E-state index in [-0.39, 0.29) is 5.78 Å². The molecule has 1 aromatic carbocycles. The molecule has 0 N–H and O–H groups in total. The summed E-state index contributed by atoms with van der Waals surface area (Å²) < 4.78 is 5.38. The molecule has 0 amide bonds. The van der Waals surface area contributed by atoms with Crippen LogP contribution in [0.5, 0.6) is 5.75 Å². The second kappa shape index (κ2) is 8.76. The van der Waals surface area contributed by atoms with Gasteiger partial charge in [-0.1, -0.05) is 19.9 Å². The number of fused-ring (bicyclic) bond motifs is 1. The van der Waals surface area contributed by atoms with Gasteiger partial charge in [-0.2, -0.15) is 0 Å². The second-order valence-electron chi connectivity index (χ2n) is 6.61. The Balaban J connectivity index is 0.00000102. The first-order valence-electron chi connectivity index (χ1n) is 9.60. The van der Waals surface area contributed by atoms with Crippen LogP contribution in [-0.2, 0) is 17.6 Å². The quantitative estimate of drug-likeness (QED) is 0.626. The van der Waals surface area contributed by atoms with E-state index in [1.165, 1.54) is 18.4 Å². The number of Topliss-reactive ketones (excluding diaryl/α,β-unsaturated/α-hetero) is 1. The van der Waals surface area contributed by atoms with Crippen molar-refractivity contribution in [1.82, 2.24) is 9.97 Å². The third-order valence-corrected chi connectivity index (χ3v) is 4.70. The molecule has 0 atom stereocenters. The Morgan fingerprint density at radius 1 is 1.15 bits per heavy atom. The lowest BCUT2D eigenvalue weighted by atomic mass is 9.95. The van der Waals surface area contributed by atoms with Crippen LogP contribution >= 0.6 is 0 Å². The van der Waals surface area contributed by atoms with Crippen molar-refractivity contribution in [3.8, 4) is 5.75 Å². The summed E-state index contributed by atoms with van der Waals surface area (Å²) in [6.07, 6.45) is 8.54. The first-order valence-corrected chi connectivity index (χ1v) is 9.60. The van der Waals surface area contributed by atoms with Crippen molar-refractivity contribution in [1.29, 1.82) is 0 Å². The Bertz CT molecular complexity index is 918. The molecule has 0 spiro atoms. The number of hydrogen-bond acceptors (Lipinski definition) is 4. The van der Waals surface area contributed by atoms with Crippen LogP contribution in [0.15, 0.2) is 48.9 Å². The third kappa shape index (κ3) is 4.51. The van der Waals surface area contributed by atoms with Crippen LogP contribution in [0.3, 0.4) is 0 Å². The van der Waals surface area contributed by atoms with Crippen LogP contribution in [-0.4, -0.2) is 22.9 Å². The van der Waals surface area contributed by atoms with E-state index >= 15 is 0 Å². The fraction of sp³-hybridized carbons (Fsp3) is 0.348. The van der Waals surface area contributed by atoms with Crippen LogP contribution in [0.4, 0.5) is 0 Å². The maximum atomic E-state index is 12.6. The van der Waals surface area contributed by atoms with E-state index in [9.17, 15) is 4.79 Å². The van der Waals surface area contributed by atoms with Crippen LogP contribution in [0.25, 0.3) is 10.9 Å². The molecule has 0 saturated heterocycles. The molecule has 2 aromatic heterocycles. The van der Waals surface area contributed by atoms with Crippen LogP contribution in [0.1, 0.15) is 49.3 Å². The Kier molecular flexibility index (Phi) is 6.17. The van der Waals surface area contributed by atoms with Gasteiger partial charge in [-0.3, -0.25) is 14.8 Å². The fourth-order valence-corrected chi connectivity index (χ4v) is 3.36. The Morgan fingerprint density at radius 2 is 1.96 bits per heavy atom. The SMILES string of the molecule is CC.COc1ccc2ncc(CC(=O)Cc3cccnc3)c(C3CC3)c2c1. The number of carbonyl (C=O) groups excluding carboxylic acids is 1. The number of hydrogen-bond donors (Lipinski definition) is 0. The van der Waals surface area contributed by atoms with Gasteiger partial charge in [-0.25, -0.2) is 0 Å². The predicted octanol–water partition coefficient (Wildman–Crippen LogP) is 4.90. The molecule has 0 radical (unpaired) electrons. The summed E-state index contributed by atoms with van der Waals surface area (Å²) in [5.41, 5.74) is 4.25. The highest BCUT2D eigenvalue weighted by molar-refractivity contribution is 5.89. The Hall–Kier alpha value is -2.75. The van der Waals surface area contributed by atoms with Gasteiger partial charge >= 0.3 is 0 Å². The third-order valence-electron chi connectivity index (χ3n) is 4.70. The predicted molar refractivity (Wildman–Crippen MR) is 108 cm³/mol. The average molecular weight is 362 g/mol. The smallest absolute Gasteiger partial charge is 0.141 e. The van der Waals surface area contributed by atoms with Gasteiger partial charge in [0, 0.05) is 36.8 Å². The average Bonchev–Trinajstić information content (AvgIpc) is 3.54. The van der Waals surface area contributed by atoms with E-state index in [0.717, 1.165) is 27.8 Å². The van der Waals surface area contributed by atoms with Crippen molar-refractivity contribution in [2.24, 2.45) is 0 Å². The van der Waals surface area contributed by atoms with Gasteiger partial charge in [0.15, 0.2) is 0 Å². The molecule has 1 fully saturated rings. The molecule has 3 aromatic rings. The van der Waals surface area contributed by atoms with E-state index in [1.807, 2.05) is 50.4 Å². The van der Waals surface area contributed by atoms with E-state index in [2.05, 4.69) is 9.97 Å². The highest BCUT2D eigenvalue weighted by atomic mass is 16.5. The summed E-state index contributed by atoms with van der Waals surface area (Å²) in [5.74, 6) is 1.56. The summed E-state index contributed by atoms with van der Waals surface area (Å²) in [7, 11) is 1.67. The summed E-state index contributed by atoms with van der Waals surface area (Å²) in [6, 6.07) is 9.77. The monoisotopic (exact) mass is 362 g/mol. The lowest BCUT2D eigenvalue weighted by Crippen LogP contribution is -2.09. The zero-order chi connectivity index (χ0) is 19.2. The summed E-state index contributed by atoms with van der Waals surface area (Å²) in [6.45, 7) is 4.00. The lowest BCUT2D eigenvalue weighted by Gasteiger charge is -2.13. The zero-order valence-corrected chi connectivity index (χ0v) is 16.2. The minimum atomic E-state index is 0.193. The molecule has 140 valence electrons. The van der Waals surface area contributed by atoms with Crippen molar-refractivity contribution >= 4 is 16.7 Å². The summed E-state index contributed by atoms with van der Waals surface area (Å²) in [5, 5.41) is 1.12. The Labute approximate surface area is 160 Å². The van der Waals surface area contributed by atoms with Crippen LogP contribution < -0.4 is 4.74 Å². The fourth-order valence-electron chi connectivity index (χ4n) is 3.36. The summed E-state index contributed by atoms with van der Waals surface area (Å²) >= 11 is 0. The molecule has 0 bridgehead atoms. The van der Waals surface area contributed by atoms with Gasteiger partial charge in [0.05, 0.1) is 12.6 Å². The van der Waals surface area contributed by atoms with E-state index in [4.69, 9.17) is 4.74 Å². The van der Waals surface area contributed by atoms with Crippen LogP contribution in [0, 0.1) is 0 Å². The molecule has 0 aliphatic heterocycles. The minimum absolute atomic E-state index is 0.193. The number of ether oxygens (including phenoxy) is 1. The number of ketones is 1. The molecule has 27 heavy (non-hydrogen) atoms. The van der Waals surface area contributed by atoms with E-state index in [0.29, 0.717) is 18.8 Å². The molecular formula is C23H26N2O2. The molecule has 1 aliphatic carbocycles. The number of carbonyl (C=O) groups is 1. The molecule has 4 rings (SSSR count). The van der Waals surface area contributed by atoms with Gasteiger partial charge in [0.25, 0.3) is 0 Å². The largest absolute Gasteiger partial charge is 0.497 e. The molecule has 2 heterocycles. The highest BCUT2D eigenvalue weighted by Crippen LogP contribution is 2.45.